The van der Waals surface area contributed by atoms with Crippen molar-refractivity contribution < 1.29 is 4.74 Å². The van der Waals surface area contributed by atoms with Crippen molar-refractivity contribution >= 4 is 22.2 Å². The quantitative estimate of drug-likeness (QED) is 0.845. The average molecular weight is 291 g/mol. The zero-order valence-corrected chi connectivity index (χ0v) is 13.0. The Morgan fingerprint density at radius 3 is 2.95 bits per heavy atom. The van der Waals surface area contributed by atoms with Gasteiger partial charge in [-0.3, -0.25) is 0 Å². The SMILES string of the molecule is CCCNc1ncc(COc2cccc(N(C)C)c2)s1. The smallest absolute Gasteiger partial charge is 0.182 e. The molecule has 0 aliphatic heterocycles. The number of aromatic nitrogens is 1. The van der Waals surface area contributed by atoms with Gasteiger partial charge in [-0.05, 0) is 18.6 Å². The molecular weight excluding hydrogens is 270 g/mol. The Morgan fingerprint density at radius 1 is 1.35 bits per heavy atom. The number of rotatable bonds is 7. The molecule has 2 rings (SSSR count). The van der Waals surface area contributed by atoms with Gasteiger partial charge in [0.2, 0.25) is 0 Å². The van der Waals surface area contributed by atoms with Crippen molar-refractivity contribution in [3.8, 4) is 5.75 Å². The van der Waals surface area contributed by atoms with Gasteiger partial charge in [0, 0.05) is 38.6 Å². The zero-order chi connectivity index (χ0) is 14.4. The van der Waals surface area contributed by atoms with E-state index >= 15 is 0 Å². The predicted octanol–water partition coefficient (Wildman–Crippen LogP) is 3.61. The Labute approximate surface area is 124 Å². The Hall–Kier alpha value is -1.75. The van der Waals surface area contributed by atoms with Gasteiger partial charge in [-0.15, -0.1) is 0 Å². The second kappa shape index (κ2) is 7.14. The van der Waals surface area contributed by atoms with Gasteiger partial charge in [-0.1, -0.05) is 24.3 Å². The first kappa shape index (κ1) is 14.7. The summed E-state index contributed by atoms with van der Waals surface area (Å²) in [5, 5.41) is 4.25. The molecule has 20 heavy (non-hydrogen) atoms. The van der Waals surface area contributed by atoms with Crippen LogP contribution in [0.25, 0.3) is 0 Å². The van der Waals surface area contributed by atoms with Crippen LogP contribution in [0, 0.1) is 0 Å². The molecule has 5 heteroatoms. The number of thiazole rings is 1. The van der Waals surface area contributed by atoms with E-state index in [-0.39, 0.29) is 0 Å². The number of anilines is 2. The Morgan fingerprint density at radius 2 is 2.20 bits per heavy atom. The molecule has 0 aliphatic carbocycles. The zero-order valence-electron chi connectivity index (χ0n) is 12.2. The van der Waals surface area contributed by atoms with Crippen LogP contribution in [-0.2, 0) is 6.61 Å². The van der Waals surface area contributed by atoms with Crippen molar-refractivity contribution in [3.05, 3.63) is 35.3 Å². The molecule has 1 aromatic carbocycles. The van der Waals surface area contributed by atoms with Gasteiger partial charge >= 0.3 is 0 Å². The third-order valence-corrected chi connectivity index (χ3v) is 3.72. The molecule has 2 aromatic rings. The molecule has 0 aliphatic rings. The number of ether oxygens (including phenoxy) is 1. The maximum absolute atomic E-state index is 5.82. The summed E-state index contributed by atoms with van der Waals surface area (Å²) >= 11 is 1.64. The maximum atomic E-state index is 5.82. The summed E-state index contributed by atoms with van der Waals surface area (Å²) in [4.78, 5) is 7.52. The highest BCUT2D eigenvalue weighted by Gasteiger charge is 2.03. The molecule has 0 spiro atoms. The first-order valence-electron chi connectivity index (χ1n) is 6.78. The number of benzene rings is 1. The van der Waals surface area contributed by atoms with Crippen molar-refractivity contribution in [3.63, 3.8) is 0 Å². The maximum Gasteiger partial charge on any atom is 0.182 e. The lowest BCUT2D eigenvalue weighted by molar-refractivity contribution is 0.309. The monoisotopic (exact) mass is 291 g/mol. The van der Waals surface area contributed by atoms with Crippen molar-refractivity contribution in [1.82, 2.24) is 4.98 Å². The average Bonchev–Trinajstić information content (AvgIpc) is 2.91. The van der Waals surface area contributed by atoms with Gasteiger partial charge in [0.05, 0.1) is 4.88 Å². The van der Waals surface area contributed by atoms with Gasteiger partial charge in [0.15, 0.2) is 5.13 Å². The molecule has 0 saturated carbocycles. The molecular formula is C15H21N3OS. The molecule has 108 valence electrons. The van der Waals surface area contributed by atoms with E-state index in [1.807, 2.05) is 38.5 Å². The molecule has 0 radical (unpaired) electrons. The minimum absolute atomic E-state index is 0.558. The molecule has 0 unspecified atom stereocenters. The number of nitrogens with one attached hydrogen (secondary N) is 1. The topological polar surface area (TPSA) is 37.4 Å². The van der Waals surface area contributed by atoms with Crippen molar-refractivity contribution in [2.75, 3.05) is 30.9 Å². The van der Waals surface area contributed by atoms with Gasteiger partial charge < -0.3 is 15.0 Å². The fourth-order valence-corrected chi connectivity index (χ4v) is 2.45. The highest BCUT2D eigenvalue weighted by atomic mass is 32.1. The van der Waals surface area contributed by atoms with Crippen LogP contribution in [0.4, 0.5) is 10.8 Å². The summed E-state index contributed by atoms with van der Waals surface area (Å²) in [6, 6.07) is 8.08. The Bertz CT molecular complexity index is 539. The Balaban J connectivity index is 1.91. The van der Waals surface area contributed by atoms with Crippen LogP contribution in [0.1, 0.15) is 18.2 Å². The van der Waals surface area contributed by atoms with Crippen LogP contribution >= 0.6 is 11.3 Å². The molecule has 1 aromatic heterocycles. The van der Waals surface area contributed by atoms with Crippen LogP contribution in [0.3, 0.4) is 0 Å². The minimum Gasteiger partial charge on any atom is -0.488 e. The summed E-state index contributed by atoms with van der Waals surface area (Å²) in [5.41, 5.74) is 1.14. The largest absolute Gasteiger partial charge is 0.488 e. The van der Waals surface area contributed by atoms with E-state index in [2.05, 4.69) is 28.2 Å². The molecule has 0 amide bonds. The lowest BCUT2D eigenvalue weighted by Crippen LogP contribution is -2.08. The molecule has 0 atom stereocenters. The fourth-order valence-electron chi connectivity index (χ4n) is 1.69. The van der Waals surface area contributed by atoms with Crippen molar-refractivity contribution in [1.29, 1.82) is 0 Å². The van der Waals surface area contributed by atoms with Crippen LogP contribution in [0.15, 0.2) is 30.5 Å². The predicted molar refractivity (Wildman–Crippen MR) is 86.0 cm³/mol. The molecule has 1 N–H and O–H groups in total. The number of hydrogen-bond acceptors (Lipinski definition) is 5. The van der Waals surface area contributed by atoms with E-state index in [0.29, 0.717) is 6.61 Å². The van der Waals surface area contributed by atoms with E-state index < -0.39 is 0 Å². The molecule has 1 heterocycles. The molecule has 0 bridgehead atoms. The molecule has 4 nitrogen and oxygen atoms in total. The van der Waals surface area contributed by atoms with Gasteiger partial charge in [0.25, 0.3) is 0 Å². The summed E-state index contributed by atoms with van der Waals surface area (Å²) in [7, 11) is 4.04. The van der Waals surface area contributed by atoms with E-state index in [0.717, 1.165) is 34.4 Å². The third kappa shape index (κ3) is 4.13. The summed E-state index contributed by atoms with van der Waals surface area (Å²) in [6.07, 6.45) is 2.97. The van der Waals surface area contributed by atoms with Crippen LogP contribution < -0.4 is 15.0 Å². The molecule has 0 fully saturated rings. The second-order valence-electron chi connectivity index (χ2n) is 4.74. The standard InChI is InChI=1S/C15H21N3OS/c1-4-8-16-15-17-10-14(20-15)11-19-13-7-5-6-12(9-13)18(2)3/h5-7,9-10H,4,8,11H2,1-3H3,(H,16,17). The third-order valence-electron chi connectivity index (χ3n) is 2.79. The first-order chi connectivity index (χ1) is 9.69. The van der Waals surface area contributed by atoms with Crippen LogP contribution in [0.2, 0.25) is 0 Å². The summed E-state index contributed by atoms with van der Waals surface area (Å²) in [5.74, 6) is 0.882. The van der Waals surface area contributed by atoms with E-state index in [9.17, 15) is 0 Å². The van der Waals surface area contributed by atoms with E-state index in [4.69, 9.17) is 4.74 Å². The van der Waals surface area contributed by atoms with Crippen LogP contribution in [0.5, 0.6) is 5.75 Å². The highest BCUT2D eigenvalue weighted by molar-refractivity contribution is 7.15. The summed E-state index contributed by atoms with van der Waals surface area (Å²) < 4.78 is 5.82. The minimum atomic E-state index is 0.558. The van der Waals surface area contributed by atoms with Gasteiger partial charge in [-0.25, -0.2) is 4.98 Å². The number of nitrogens with zero attached hydrogens (tertiary/aromatic N) is 2. The normalized spacial score (nSPS) is 10.3. The second-order valence-corrected chi connectivity index (χ2v) is 5.85. The lowest BCUT2D eigenvalue weighted by Gasteiger charge is -2.13. The summed E-state index contributed by atoms with van der Waals surface area (Å²) in [6.45, 7) is 3.66. The van der Waals surface area contributed by atoms with Crippen molar-refractivity contribution in [2.24, 2.45) is 0 Å². The van der Waals surface area contributed by atoms with Gasteiger partial charge in [-0.2, -0.15) is 0 Å². The highest BCUT2D eigenvalue weighted by Crippen LogP contribution is 2.23. The fraction of sp³-hybridized carbons (Fsp3) is 0.400. The first-order valence-corrected chi connectivity index (χ1v) is 7.59. The van der Waals surface area contributed by atoms with E-state index in [1.54, 1.807) is 11.3 Å². The number of hydrogen-bond donors (Lipinski definition) is 1. The van der Waals surface area contributed by atoms with Crippen molar-refractivity contribution in [2.45, 2.75) is 20.0 Å². The van der Waals surface area contributed by atoms with E-state index in [1.165, 1.54) is 0 Å². The van der Waals surface area contributed by atoms with Gasteiger partial charge in [0.1, 0.15) is 12.4 Å². The Kier molecular flexibility index (Phi) is 5.24. The lowest BCUT2D eigenvalue weighted by atomic mass is 10.3. The van der Waals surface area contributed by atoms with Crippen LogP contribution in [-0.4, -0.2) is 25.6 Å². The molecule has 0 saturated heterocycles.